The first-order chi connectivity index (χ1) is 8.27. The second-order valence-electron chi connectivity index (χ2n) is 4.70. The molecule has 1 saturated heterocycles. The molecular weight excluding hydrogens is 214 g/mol. The summed E-state index contributed by atoms with van der Waals surface area (Å²) in [5.41, 5.74) is 7.97. The number of nitrogens with zero attached hydrogens (tertiary/aromatic N) is 4. The van der Waals surface area contributed by atoms with Gasteiger partial charge in [0.1, 0.15) is 5.82 Å². The van der Waals surface area contributed by atoms with Gasteiger partial charge in [-0.2, -0.15) is 9.61 Å². The van der Waals surface area contributed by atoms with Gasteiger partial charge in [0.25, 0.3) is 0 Å². The summed E-state index contributed by atoms with van der Waals surface area (Å²) in [5.74, 6) is 0.639. The third-order valence-electron chi connectivity index (χ3n) is 3.59. The van der Waals surface area contributed by atoms with E-state index in [1.807, 2.05) is 6.20 Å². The van der Waals surface area contributed by atoms with Gasteiger partial charge in [0.15, 0.2) is 5.65 Å². The first-order valence-corrected chi connectivity index (χ1v) is 6.06. The second kappa shape index (κ2) is 4.00. The molecule has 0 bridgehead atoms. The number of hydrogen-bond acceptors (Lipinski definition) is 4. The van der Waals surface area contributed by atoms with Crippen LogP contribution in [0.25, 0.3) is 5.65 Å². The van der Waals surface area contributed by atoms with Gasteiger partial charge in [0, 0.05) is 17.8 Å². The molecule has 0 spiro atoms. The Balaban J connectivity index is 2.08. The van der Waals surface area contributed by atoms with Gasteiger partial charge >= 0.3 is 0 Å². The topological polar surface area (TPSA) is 59.5 Å². The van der Waals surface area contributed by atoms with Crippen molar-refractivity contribution in [2.24, 2.45) is 0 Å². The average molecular weight is 231 g/mol. The Morgan fingerprint density at radius 2 is 2.29 bits per heavy atom. The molecule has 5 heteroatoms. The number of likely N-dealkylation sites (tertiary alicyclic amines) is 1. The number of fused-ring (bicyclic) bond motifs is 1. The van der Waals surface area contributed by atoms with Crippen LogP contribution in [0.5, 0.6) is 0 Å². The Morgan fingerprint density at radius 1 is 1.41 bits per heavy atom. The van der Waals surface area contributed by atoms with Crippen molar-refractivity contribution in [3.05, 3.63) is 24.0 Å². The van der Waals surface area contributed by atoms with Crippen molar-refractivity contribution in [2.45, 2.75) is 25.3 Å². The zero-order valence-corrected chi connectivity index (χ0v) is 10.0. The van der Waals surface area contributed by atoms with Crippen LogP contribution in [0.2, 0.25) is 0 Å². The Morgan fingerprint density at radius 3 is 3.12 bits per heavy atom. The number of hydrogen-bond donors (Lipinski definition) is 1. The highest BCUT2D eigenvalue weighted by molar-refractivity contribution is 5.52. The van der Waals surface area contributed by atoms with Gasteiger partial charge < -0.3 is 5.73 Å². The third-order valence-corrected chi connectivity index (χ3v) is 3.59. The summed E-state index contributed by atoms with van der Waals surface area (Å²) in [7, 11) is 2.17. The molecule has 0 amide bonds. The number of anilines is 1. The standard InChI is InChI=1S/C12H17N5/c1-16-7-3-2-4-10(16)9-8-15-17-11(13)5-6-14-12(9)17/h5-6,8,10H,2-4,7,13H2,1H3. The van der Waals surface area contributed by atoms with Crippen LogP contribution in [0.4, 0.5) is 5.82 Å². The zero-order valence-electron chi connectivity index (χ0n) is 10.0. The smallest absolute Gasteiger partial charge is 0.162 e. The highest BCUT2D eigenvalue weighted by Crippen LogP contribution is 2.31. The highest BCUT2D eigenvalue weighted by Gasteiger charge is 2.24. The largest absolute Gasteiger partial charge is 0.384 e. The summed E-state index contributed by atoms with van der Waals surface area (Å²) in [6, 6.07) is 2.20. The van der Waals surface area contributed by atoms with Crippen molar-refractivity contribution in [2.75, 3.05) is 19.3 Å². The van der Waals surface area contributed by atoms with Gasteiger partial charge in [0.2, 0.25) is 0 Å². The second-order valence-corrected chi connectivity index (χ2v) is 4.70. The molecule has 1 aliphatic heterocycles. The molecule has 17 heavy (non-hydrogen) atoms. The van der Waals surface area contributed by atoms with Crippen molar-refractivity contribution < 1.29 is 0 Å². The average Bonchev–Trinajstić information content (AvgIpc) is 2.75. The summed E-state index contributed by atoms with van der Waals surface area (Å²) in [4.78, 5) is 6.79. The summed E-state index contributed by atoms with van der Waals surface area (Å²) in [6.45, 7) is 1.14. The normalized spacial score (nSPS) is 22.1. The fraction of sp³-hybridized carbons (Fsp3) is 0.500. The molecule has 2 N–H and O–H groups in total. The van der Waals surface area contributed by atoms with Gasteiger partial charge in [-0.15, -0.1) is 0 Å². The number of rotatable bonds is 1. The molecule has 1 aliphatic rings. The summed E-state index contributed by atoms with van der Waals surface area (Å²) >= 11 is 0. The van der Waals surface area contributed by atoms with Crippen molar-refractivity contribution in [3.8, 4) is 0 Å². The molecule has 1 unspecified atom stereocenters. The summed E-state index contributed by atoms with van der Waals surface area (Å²) in [5, 5.41) is 4.33. The van der Waals surface area contributed by atoms with E-state index < -0.39 is 0 Å². The van der Waals surface area contributed by atoms with Gasteiger partial charge in [-0.05, 0) is 32.5 Å². The third kappa shape index (κ3) is 1.67. The van der Waals surface area contributed by atoms with E-state index in [9.17, 15) is 0 Å². The van der Waals surface area contributed by atoms with Crippen LogP contribution in [-0.4, -0.2) is 33.1 Å². The van der Waals surface area contributed by atoms with Crippen LogP contribution in [0.1, 0.15) is 30.9 Å². The Kier molecular flexibility index (Phi) is 2.48. The fourth-order valence-electron chi connectivity index (χ4n) is 2.63. The lowest BCUT2D eigenvalue weighted by Crippen LogP contribution is -2.29. The van der Waals surface area contributed by atoms with E-state index in [2.05, 4.69) is 22.0 Å². The zero-order chi connectivity index (χ0) is 11.8. The Bertz CT molecular complexity index is 533. The van der Waals surface area contributed by atoms with E-state index in [-0.39, 0.29) is 0 Å². The Hall–Kier alpha value is -1.62. The van der Waals surface area contributed by atoms with E-state index in [1.165, 1.54) is 24.8 Å². The van der Waals surface area contributed by atoms with Crippen LogP contribution < -0.4 is 5.73 Å². The van der Waals surface area contributed by atoms with Crippen LogP contribution in [-0.2, 0) is 0 Å². The minimum Gasteiger partial charge on any atom is -0.384 e. The molecule has 0 saturated carbocycles. The van der Waals surface area contributed by atoms with E-state index in [4.69, 9.17) is 5.73 Å². The molecule has 1 atom stereocenters. The van der Waals surface area contributed by atoms with Crippen molar-refractivity contribution >= 4 is 11.5 Å². The molecule has 2 aromatic heterocycles. The molecule has 3 heterocycles. The highest BCUT2D eigenvalue weighted by atomic mass is 15.3. The first kappa shape index (κ1) is 10.5. The molecule has 3 rings (SSSR count). The van der Waals surface area contributed by atoms with Crippen molar-refractivity contribution in [3.63, 3.8) is 0 Å². The molecule has 5 nitrogen and oxygen atoms in total. The number of nitrogens with two attached hydrogens (primary N) is 1. The van der Waals surface area contributed by atoms with Crippen LogP contribution >= 0.6 is 0 Å². The van der Waals surface area contributed by atoms with Crippen molar-refractivity contribution in [1.29, 1.82) is 0 Å². The maximum atomic E-state index is 5.88. The van der Waals surface area contributed by atoms with Crippen molar-refractivity contribution in [1.82, 2.24) is 19.5 Å². The van der Waals surface area contributed by atoms with Gasteiger partial charge in [-0.3, -0.25) is 4.90 Å². The first-order valence-electron chi connectivity index (χ1n) is 6.06. The number of aromatic nitrogens is 3. The lowest BCUT2D eigenvalue weighted by atomic mass is 9.98. The molecule has 0 aliphatic carbocycles. The summed E-state index contributed by atoms with van der Waals surface area (Å²) < 4.78 is 1.72. The number of nitrogen functional groups attached to an aromatic ring is 1. The molecule has 2 aromatic rings. The minimum absolute atomic E-state index is 0.426. The van der Waals surface area contributed by atoms with E-state index in [0.717, 1.165) is 12.2 Å². The molecule has 1 fully saturated rings. The molecular formula is C12H17N5. The monoisotopic (exact) mass is 231 g/mol. The lowest BCUT2D eigenvalue weighted by Gasteiger charge is -2.31. The quantitative estimate of drug-likeness (QED) is 0.807. The van der Waals surface area contributed by atoms with Gasteiger partial charge in [0.05, 0.1) is 6.20 Å². The van der Waals surface area contributed by atoms with Crippen LogP contribution in [0.3, 0.4) is 0 Å². The van der Waals surface area contributed by atoms with Crippen LogP contribution in [0.15, 0.2) is 18.5 Å². The van der Waals surface area contributed by atoms with E-state index in [1.54, 1.807) is 16.8 Å². The van der Waals surface area contributed by atoms with E-state index >= 15 is 0 Å². The summed E-state index contributed by atoms with van der Waals surface area (Å²) in [6.07, 6.45) is 7.38. The Labute approximate surface area is 100 Å². The maximum Gasteiger partial charge on any atom is 0.162 e. The molecule has 0 aromatic carbocycles. The predicted octanol–water partition coefficient (Wildman–Crippen LogP) is 1.47. The predicted molar refractivity (Wildman–Crippen MR) is 66.6 cm³/mol. The fourth-order valence-corrected chi connectivity index (χ4v) is 2.63. The SMILES string of the molecule is CN1CCCCC1c1cnn2c(N)ccnc12. The molecule has 90 valence electrons. The van der Waals surface area contributed by atoms with Crippen LogP contribution in [0, 0.1) is 0 Å². The van der Waals surface area contributed by atoms with E-state index in [0.29, 0.717) is 11.9 Å². The van der Waals surface area contributed by atoms with Gasteiger partial charge in [-0.1, -0.05) is 6.42 Å². The van der Waals surface area contributed by atoms with Gasteiger partial charge in [-0.25, -0.2) is 4.98 Å². The molecule has 0 radical (unpaired) electrons. The number of piperidine rings is 1. The minimum atomic E-state index is 0.426. The lowest BCUT2D eigenvalue weighted by molar-refractivity contribution is 0.188. The maximum absolute atomic E-state index is 5.88.